The van der Waals surface area contributed by atoms with Crippen LogP contribution in [0.1, 0.15) is 20.3 Å². The van der Waals surface area contributed by atoms with Crippen LogP contribution >= 0.6 is 24.4 Å². The van der Waals surface area contributed by atoms with E-state index in [0.29, 0.717) is 5.25 Å². The van der Waals surface area contributed by atoms with E-state index in [1.807, 2.05) is 11.8 Å². The van der Waals surface area contributed by atoms with Crippen molar-refractivity contribution in [3.8, 4) is 0 Å². The van der Waals surface area contributed by atoms with Gasteiger partial charge in [0, 0.05) is 11.0 Å². The number of hydrogen-bond acceptors (Lipinski definition) is 2. The molecule has 0 aliphatic heterocycles. The van der Waals surface area contributed by atoms with Crippen LogP contribution in [-0.4, -0.2) is 16.8 Å². The average molecular weight is 150 g/mol. The molecular formula is C6H14S2. The third-order valence-corrected chi connectivity index (χ3v) is 2.57. The Labute approximate surface area is 61.8 Å². The SMILES string of the molecule is CCCSCC(C)S. The largest absolute Gasteiger partial charge is 0.175 e. The quantitative estimate of drug-likeness (QED) is 0.474. The Balaban J connectivity index is 2.72. The van der Waals surface area contributed by atoms with Gasteiger partial charge in [-0.3, -0.25) is 0 Å². The molecule has 1 atom stereocenters. The van der Waals surface area contributed by atoms with Crippen molar-refractivity contribution in [2.24, 2.45) is 0 Å². The van der Waals surface area contributed by atoms with Crippen LogP contribution in [0, 0.1) is 0 Å². The van der Waals surface area contributed by atoms with E-state index in [4.69, 9.17) is 0 Å². The van der Waals surface area contributed by atoms with Crippen molar-refractivity contribution in [2.45, 2.75) is 25.5 Å². The van der Waals surface area contributed by atoms with Crippen LogP contribution in [0.15, 0.2) is 0 Å². The molecule has 0 aromatic rings. The molecule has 0 heterocycles. The third kappa shape index (κ3) is 6.70. The fourth-order valence-electron chi connectivity index (χ4n) is 0.398. The third-order valence-electron chi connectivity index (χ3n) is 0.708. The molecule has 0 aliphatic carbocycles. The van der Waals surface area contributed by atoms with Gasteiger partial charge >= 0.3 is 0 Å². The maximum absolute atomic E-state index is 4.25. The molecular weight excluding hydrogens is 136 g/mol. The Bertz CT molecular complexity index is 43.8. The second-order valence-electron chi connectivity index (χ2n) is 1.92. The van der Waals surface area contributed by atoms with Crippen LogP contribution in [0.2, 0.25) is 0 Å². The van der Waals surface area contributed by atoms with E-state index >= 15 is 0 Å². The van der Waals surface area contributed by atoms with Crippen LogP contribution in [0.3, 0.4) is 0 Å². The summed E-state index contributed by atoms with van der Waals surface area (Å²) in [6, 6.07) is 0. The second kappa shape index (κ2) is 5.83. The second-order valence-corrected chi connectivity index (χ2v) is 3.96. The lowest BCUT2D eigenvalue weighted by atomic mass is 10.6. The minimum Gasteiger partial charge on any atom is -0.175 e. The van der Waals surface area contributed by atoms with Gasteiger partial charge in [0.1, 0.15) is 0 Å². The van der Waals surface area contributed by atoms with Gasteiger partial charge in [-0.25, -0.2) is 0 Å². The summed E-state index contributed by atoms with van der Waals surface area (Å²) < 4.78 is 0. The number of thioether (sulfide) groups is 1. The van der Waals surface area contributed by atoms with Crippen molar-refractivity contribution >= 4 is 24.4 Å². The summed E-state index contributed by atoms with van der Waals surface area (Å²) in [6.45, 7) is 4.34. The van der Waals surface area contributed by atoms with Gasteiger partial charge in [0.15, 0.2) is 0 Å². The van der Waals surface area contributed by atoms with Crippen LogP contribution in [-0.2, 0) is 0 Å². The minimum atomic E-state index is 0.562. The average Bonchev–Trinajstić information content (AvgIpc) is 1.66. The van der Waals surface area contributed by atoms with Gasteiger partial charge in [0.25, 0.3) is 0 Å². The van der Waals surface area contributed by atoms with Gasteiger partial charge in [-0.1, -0.05) is 13.8 Å². The first-order chi connectivity index (χ1) is 3.77. The first-order valence-corrected chi connectivity index (χ1v) is 4.70. The molecule has 0 saturated carbocycles. The van der Waals surface area contributed by atoms with Crippen LogP contribution in [0.25, 0.3) is 0 Å². The van der Waals surface area contributed by atoms with Crippen molar-refractivity contribution in [1.82, 2.24) is 0 Å². The summed E-state index contributed by atoms with van der Waals surface area (Å²) in [5, 5.41) is 0.562. The van der Waals surface area contributed by atoms with Gasteiger partial charge in [0.05, 0.1) is 0 Å². The van der Waals surface area contributed by atoms with Crippen molar-refractivity contribution < 1.29 is 0 Å². The molecule has 0 aromatic carbocycles. The molecule has 0 bridgehead atoms. The van der Waals surface area contributed by atoms with Gasteiger partial charge in [-0.2, -0.15) is 24.4 Å². The molecule has 0 spiro atoms. The first-order valence-electron chi connectivity index (χ1n) is 3.03. The van der Waals surface area contributed by atoms with E-state index in [2.05, 4.69) is 26.5 Å². The van der Waals surface area contributed by atoms with Gasteiger partial charge in [-0.15, -0.1) is 0 Å². The number of hydrogen-bond donors (Lipinski definition) is 1. The van der Waals surface area contributed by atoms with E-state index in [9.17, 15) is 0 Å². The molecule has 2 heteroatoms. The van der Waals surface area contributed by atoms with Crippen molar-refractivity contribution in [3.63, 3.8) is 0 Å². The lowest BCUT2D eigenvalue weighted by Crippen LogP contribution is -1.94. The van der Waals surface area contributed by atoms with Gasteiger partial charge in [0.2, 0.25) is 0 Å². The molecule has 0 amide bonds. The summed E-state index contributed by atoms with van der Waals surface area (Å²) in [5.74, 6) is 2.47. The lowest BCUT2D eigenvalue weighted by molar-refractivity contribution is 1.09. The molecule has 0 aliphatic rings. The van der Waals surface area contributed by atoms with E-state index in [1.54, 1.807) is 0 Å². The van der Waals surface area contributed by atoms with Crippen molar-refractivity contribution in [2.75, 3.05) is 11.5 Å². The monoisotopic (exact) mass is 150 g/mol. The van der Waals surface area contributed by atoms with Crippen LogP contribution in [0.4, 0.5) is 0 Å². The normalized spacial score (nSPS) is 13.9. The molecule has 1 unspecified atom stereocenters. The molecule has 0 radical (unpaired) electrons. The Morgan fingerprint density at radius 2 is 2.25 bits per heavy atom. The van der Waals surface area contributed by atoms with E-state index in [0.717, 1.165) is 0 Å². The topological polar surface area (TPSA) is 0 Å². The predicted octanol–water partition coefficient (Wildman–Crippen LogP) is 2.45. The Kier molecular flexibility index (Phi) is 6.34. The van der Waals surface area contributed by atoms with Crippen LogP contribution < -0.4 is 0 Å². The maximum atomic E-state index is 4.25. The van der Waals surface area contributed by atoms with Crippen LogP contribution in [0.5, 0.6) is 0 Å². The van der Waals surface area contributed by atoms with E-state index < -0.39 is 0 Å². The standard InChI is InChI=1S/C6H14S2/c1-3-4-8-5-6(2)7/h6-7H,3-5H2,1-2H3. The zero-order chi connectivity index (χ0) is 6.41. The zero-order valence-corrected chi connectivity index (χ0v) is 7.27. The molecule has 0 rings (SSSR count). The van der Waals surface area contributed by atoms with Gasteiger partial charge < -0.3 is 0 Å². The predicted molar refractivity (Wildman–Crippen MR) is 46.1 cm³/mol. The van der Waals surface area contributed by atoms with Crippen molar-refractivity contribution in [3.05, 3.63) is 0 Å². The number of rotatable bonds is 4. The Morgan fingerprint density at radius 3 is 2.62 bits per heavy atom. The summed E-state index contributed by atoms with van der Waals surface area (Å²) in [7, 11) is 0. The summed E-state index contributed by atoms with van der Waals surface area (Å²) in [5.41, 5.74) is 0. The molecule has 0 fully saturated rings. The highest BCUT2D eigenvalue weighted by Crippen LogP contribution is 2.07. The molecule has 50 valence electrons. The number of thiol groups is 1. The minimum absolute atomic E-state index is 0.562. The lowest BCUT2D eigenvalue weighted by Gasteiger charge is -2.00. The van der Waals surface area contributed by atoms with Gasteiger partial charge in [-0.05, 0) is 12.2 Å². The zero-order valence-electron chi connectivity index (χ0n) is 5.55. The smallest absolute Gasteiger partial charge is 0.00791 e. The Hall–Kier alpha value is 0.700. The van der Waals surface area contributed by atoms with E-state index in [1.165, 1.54) is 17.9 Å². The highest BCUT2D eigenvalue weighted by molar-refractivity contribution is 8.00. The van der Waals surface area contributed by atoms with Crippen molar-refractivity contribution in [1.29, 1.82) is 0 Å². The highest BCUT2D eigenvalue weighted by atomic mass is 32.2. The molecule has 0 saturated heterocycles. The molecule has 8 heavy (non-hydrogen) atoms. The fraction of sp³-hybridized carbons (Fsp3) is 1.00. The molecule has 0 nitrogen and oxygen atoms in total. The Morgan fingerprint density at radius 1 is 1.62 bits per heavy atom. The maximum Gasteiger partial charge on any atom is 0.00791 e. The summed E-state index contributed by atoms with van der Waals surface area (Å²) in [6.07, 6.45) is 1.28. The molecule has 0 N–H and O–H groups in total. The first kappa shape index (κ1) is 8.70. The molecule has 0 aromatic heterocycles. The van der Waals surface area contributed by atoms with E-state index in [-0.39, 0.29) is 0 Å². The fourth-order valence-corrected chi connectivity index (χ4v) is 1.51. The summed E-state index contributed by atoms with van der Waals surface area (Å²) >= 11 is 6.24. The summed E-state index contributed by atoms with van der Waals surface area (Å²) in [4.78, 5) is 0. The highest BCUT2D eigenvalue weighted by Gasteiger charge is 1.91.